The minimum atomic E-state index is -0.462. The average Bonchev–Trinajstić information content (AvgIpc) is 3.00. The molecule has 6 nitrogen and oxygen atoms in total. The molecular weight excluding hydrogens is 344 g/mol. The van der Waals surface area contributed by atoms with Gasteiger partial charge in [-0.05, 0) is 30.2 Å². The molecule has 2 N–H and O–H groups in total. The van der Waals surface area contributed by atoms with Gasteiger partial charge in [-0.2, -0.15) is 0 Å². The molecule has 0 aliphatic carbocycles. The van der Waals surface area contributed by atoms with Gasteiger partial charge >= 0.3 is 0 Å². The van der Waals surface area contributed by atoms with E-state index in [4.69, 9.17) is 9.15 Å². The first-order valence-corrected chi connectivity index (χ1v) is 8.75. The van der Waals surface area contributed by atoms with E-state index in [0.717, 1.165) is 0 Å². The van der Waals surface area contributed by atoms with Gasteiger partial charge in [0.15, 0.2) is 0 Å². The first-order chi connectivity index (χ1) is 13.0. The highest BCUT2D eigenvalue weighted by Gasteiger charge is 2.23. The summed E-state index contributed by atoms with van der Waals surface area (Å²) < 4.78 is 11.0. The lowest BCUT2D eigenvalue weighted by Crippen LogP contribution is -2.18. The largest absolute Gasteiger partial charge is 0.495 e. The van der Waals surface area contributed by atoms with Crippen molar-refractivity contribution in [3.05, 3.63) is 54.3 Å². The van der Waals surface area contributed by atoms with Gasteiger partial charge in [-0.25, -0.2) is 0 Å². The Morgan fingerprint density at radius 2 is 1.74 bits per heavy atom. The number of carbonyl (C=O) groups is 2. The molecule has 0 spiro atoms. The van der Waals surface area contributed by atoms with Crippen LogP contribution in [0.2, 0.25) is 0 Å². The smallest absolute Gasteiger partial charge is 0.293 e. The van der Waals surface area contributed by atoms with Crippen LogP contribution in [0.15, 0.2) is 52.9 Å². The number of hydrogen-bond acceptors (Lipinski definition) is 4. The average molecular weight is 366 g/mol. The second-order valence-corrected chi connectivity index (χ2v) is 6.60. The number of para-hydroxylation sites is 3. The second kappa shape index (κ2) is 7.95. The summed E-state index contributed by atoms with van der Waals surface area (Å²) in [5.74, 6) is 0.166. The van der Waals surface area contributed by atoms with E-state index in [1.54, 1.807) is 24.3 Å². The van der Waals surface area contributed by atoms with E-state index in [1.165, 1.54) is 7.11 Å². The molecule has 2 aromatic carbocycles. The third-order valence-corrected chi connectivity index (χ3v) is 4.01. The summed E-state index contributed by atoms with van der Waals surface area (Å²) in [6, 6.07) is 14.3. The molecule has 0 atom stereocenters. The van der Waals surface area contributed by atoms with Crippen LogP contribution < -0.4 is 15.4 Å². The molecule has 1 heterocycles. The zero-order valence-electron chi connectivity index (χ0n) is 15.5. The SMILES string of the molecule is COc1ccccc1NC(=O)c1oc2ccccc2c1NC(=O)CC(C)C. The predicted octanol–water partition coefficient (Wildman–Crippen LogP) is 4.68. The first-order valence-electron chi connectivity index (χ1n) is 8.75. The first kappa shape index (κ1) is 18.5. The van der Waals surface area contributed by atoms with Crippen LogP contribution in [0, 0.1) is 5.92 Å². The van der Waals surface area contributed by atoms with Crippen molar-refractivity contribution in [1.82, 2.24) is 0 Å². The van der Waals surface area contributed by atoms with E-state index in [1.807, 2.05) is 38.1 Å². The minimum Gasteiger partial charge on any atom is -0.495 e. The Labute approximate surface area is 157 Å². The van der Waals surface area contributed by atoms with E-state index in [0.29, 0.717) is 34.5 Å². The van der Waals surface area contributed by atoms with Crippen LogP contribution in [0.25, 0.3) is 11.0 Å². The molecule has 0 bridgehead atoms. The fourth-order valence-corrected chi connectivity index (χ4v) is 2.82. The number of methoxy groups -OCH3 is 1. The van der Waals surface area contributed by atoms with Crippen LogP contribution in [0.1, 0.15) is 30.8 Å². The van der Waals surface area contributed by atoms with Crippen LogP contribution >= 0.6 is 0 Å². The Balaban J connectivity index is 1.96. The highest BCUT2D eigenvalue weighted by molar-refractivity contribution is 6.14. The minimum absolute atomic E-state index is 0.0548. The van der Waals surface area contributed by atoms with Gasteiger partial charge in [-0.1, -0.05) is 38.1 Å². The summed E-state index contributed by atoms with van der Waals surface area (Å²) in [6.45, 7) is 3.92. The number of ether oxygens (including phenoxy) is 1. The lowest BCUT2D eigenvalue weighted by molar-refractivity contribution is -0.116. The zero-order valence-corrected chi connectivity index (χ0v) is 15.5. The van der Waals surface area contributed by atoms with Crippen LogP contribution in [0.5, 0.6) is 5.75 Å². The number of fused-ring (bicyclic) bond motifs is 1. The highest BCUT2D eigenvalue weighted by Crippen LogP contribution is 2.32. The molecule has 0 aliphatic rings. The predicted molar refractivity (Wildman–Crippen MR) is 105 cm³/mol. The number of anilines is 2. The molecular formula is C21H22N2O4. The van der Waals surface area contributed by atoms with Crippen molar-refractivity contribution in [3.8, 4) is 5.75 Å². The quantitative estimate of drug-likeness (QED) is 0.664. The van der Waals surface area contributed by atoms with Crippen molar-refractivity contribution in [2.75, 3.05) is 17.7 Å². The molecule has 0 unspecified atom stereocenters. The molecule has 0 radical (unpaired) electrons. The van der Waals surface area contributed by atoms with Crippen molar-refractivity contribution in [1.29, 1.82) is 0 Å². The van der Waals surface area contributed by atoms with Crippen LogP contribution in [-0.4, -0.2) is 18.9 Å². The maximum absolute atomic E-state index is 12.9. The highest BCUT2D eigenvalue weighted by atomic mass is 16.5. The topological polar surface area (TPSA) is 80.6 Å². The van der Waals surface area contributed by atoms with Gasteiger partial charge in [0.25, 0.3) is 5.91 Å². The Bertz CT molecular complexity index is 975. The van der Waals surface area contributed by atoms with E-state index in [-0.39, 0.29) is 17.6 Å². The summed E-state index contributed by atoms with van der Waals surface area (Å²) in [5.41, 5.74) is 1.43. The number of amides is 2. The molecule has 3 rings (SSSR count). The number of carbonyl (C=O) groups excluding carboxylic acids is 2. The van der Waals surface area contributed by atoms with Gasteiger partial charge < -0.3 is 19.8 Å². The maximum Gasteiger partial charge on any atom is 0.293 e. The molecule has 0 aliphatic heterocycles. The lowest BCUT2D eigenvalue weighted by atomic mass is 10.1. The number of furan rings is 1. The van der Waals surface area contributed by atoms with Crippen molar-refractivity contribution < 1.29 is 18.7 Å². The molecule has 2 amide bonds. The molecule has 0 saturated heterocycles. The summed E-state index contributed by atoms with van der Waals surface area (Å²) in [4.78, 5) is 25.2. The third kappa shape index (κ3) is 4.11. The third-order valence-electron chi connectivity index (χ3n) is 4.01. The van der Waals surface area contributed by atoms with E-state index < -0.39 is 5.91 Å². The number of benzene rings is 2. The van der Waals surface area contributed by atoms with Gasteiger partial charge in [0.05, 0.1) is 12.8 Å². The van der Waals surface area contributed by atoms with Crippen LogP contribution in [0.3, 0.4) is 0 Å². The van der Waals surface area contributed by atoms with Crippen molar-refractivity contribution in [2.24, 2.45) is 5.92 Å². The molecule has 1 aromatic heterocycles. The molecule has 6 heteroatoms. The van der Waals surface area contributed by atoms with E-state index in [2.05, 4.69) is 10.6 Å². The Morgan fingerprint density at radius 1 is 1.04 bits per heavy atom. The van der Waals surface area contributed by atoms with Crippen molar-refractivity contribution in [3.63, 3.8) is 0 Å². The van der Waals surface area contributed by atoms with Gasteiger partial charge in [0, 0.05) is 11.8 Å². The lowest BCUT2D eigenvalue weighted by Gasteiger charge is -2.10. The van der Waals surface area contributed by atoms with Crippen LogP contribution in [-0.2, 0) is 4.79 Å². The Morgan fingerprint density at radius 3 is 2.48 bits per heavy atom. The molecule has 27 heavy (non-hydrogen) atoms. The second-order valence-electron chi connectivity index (χ2n) is 6.60. The normalized spacial score (nSPS) is 10.8. The van der Waals surface area contributed by atoms with E-state index in [9.17, 15) is 9.59 Å². The van der Waals surface area contributed by atoms with Crippen LogP contribution in [0.4, 0.5) is 11.4 Å². The fraction of sp³-hybridized carbons (Fsp3) is 0.238. The Hall–Kier alpha value is -3.28. The standard InChI is InChI=1S/C21H22N2O4/c1-13(2)12-18(24)23-19-14-8-4-6-10-16(14)27-20(19)21(25)22-15-9-5-7-11-17(15)26-3/h4-11,13H,12H2,1-3H3,(H,22,25)(H,23,24). The summed E-state index contributed by atoms with van der Waals surface area (Å²) >= 11 is 0. The molecule has 3 aromatic rings. The van der Waals surface area contributed by atoms with Gasteiger partial charge in [-0.3, -0.25) is 9.59 Å². The number of rotatable bonds is 6. The summed E-state index contributed by atoms with van der Waals surface area (Å²) in [6.07, 6.45) is 0.354. The summed E-state index contributed by atoms with van der Waals surface area (Å²) in [7, 11) is 1.53. The molecule has 0 fully saturated rings. The van der Waals surface area contributed by atoms with Gasteiger partial charge in [0.1, 0.15) is 17.0 Å². The van der Waals surface area contributed by atoms with Crippen molar-refractivity contribution in [2.45, 2.75) is 20.3 Å². The maximum atomic E-state index is 12.9. The number of hydrogen-bond donors (Lipinski definition) is 2. The number of nitrogens with one attached hydrogen (secondary N) is 2. The molecule has 140 valence electrons. The summed E-state index contributed by atoms with van der Waals surface area (Å²) in [5, 5.41) is 6.30. The monoisotopic (exact) mass is 366 g/mol. The van der Waals surface area contributed by atoms with Gasteiger partial charge in [-0.15, -0.1) is 0 Å². The van der Waals surface area contributed by atoms with Crippen molar-refractivity contribution >= 4 is 34.2 Å². The Kier molecular flexibility index (Phi) is 5.45. The van der Waals surface area contributed by atoms with E-state index >= 15 is 0 Å². The fourth-order valence-electron chi connectivity index (χ4n) is 2.82. The molecule has 0 saturated carbocycles. The zero-order chi connectivity index (χ0) is 19.4. The van der Waals surface area contributed by atoms with Gasteiger partial charge in [0.2, 0.25) is 11.7 Å².